The van der Waals surface area contributed by atoms with Gasteiger partial charge in [-0.25, -0.2) is 0 Å². The third kappa shape index (κ3) is 5.88. The van der Waals surface area contributed by atoms with E-state index in [0.29, 0.717) is 19.6 Å². The van der Waals surface area contributed by atoms with Gasteiger partial charge in [-0.2, -0.15) is 10.2 Å². The van der Waals surface area contributed by atoms with Crippen molar-refractivity contribution < 1.29 is 9.94 Å². The second-order valence-electron chi connectivity index (χ2n) is 9.42. The van der Waals surface area contributed by atoms with E-state index < -0.39 is 6.10 Å². The molecule has 4 aromatic rings. The summed E-state index contributed by atoms with van der Waals surface area (Å²) in [7, 11) is 0. The van der Waals surface area contributed by atoms with Crippen molar-refractivity contribution in [3.8, 4) is 0 Å². The molecule has 5 heteroatoms. The van der Waals surface area contributed by atoms with Gasteiger partial charge in [-0.15, -0.1) is 0 Å². The van der Waals surface area contributed by atoms with Crippen molar-refractivity contribution >= 4 is 0 Å². The van der Waals surface area contributed by atoms with Crippen LogP contribution in [-0.2, 0) is 11.4 Å². The van der Waals surface area contributed by atoms with Crippen LogP contribution < -0.4 is 0 Å². The molecule has 180 valence electrons. The molecular weight excluding hydrogens is 434 g/mol. The van der Waals surface area contributed by atoms with Crippen LogP contribution in [0.15, 0.2) is 103 Å². The maximum absolute atomic E-state index is 11.5. The summed E-state index contributed by atoms with van der Waals surface area (Å²) >= 11 is 0. The molecule has 0 bridgehead atoms. The Morgan fingerprint density at radius 3 is 2.11 bits per heavy atom. The molecule has 0 aliphatic carbocycles. The number of benzene rings is 3. The fourth-order valence-corrected chi connectivity index (χ4v) is 5.20. The van der Waals surface area contributed by atoms with Crippen LogP contribution in [0, 0.1) is 5.92 Å². The highest BCUT2D eigenvalue weighted by Gasteiger charge is 2.35. The average Bonchev–Trinajstić information content (AvgIpc) is 3.47. The molecule has 1 saturated heterocycles. The highest BCUT2D eigenvalue weighted by molar-refractivity contribution is 5.32. The van der Waals surface area contributed by atoms with Crippen molar-refractivity contribution in [2.45, 2.75) is 43.9 Å². The molecule has 0 spiro atoms. The van der Waals surface area contributed by atoms with Gasteiger partial charge in [0, 0.05) is 24.2 Å². The largest absolute Gasteiger partial charge is 0.393 e. The van der Waals surface area contributed by atoms with Crippen LogP contribution in [-0.4, -0.2) is 33.0 Å². The first-order chi connectivity index (χ1) is 17.3. The van der Waals surface area contributed by atoms with Gasteiger partial charge in [0.25, 0.3) is 0 Å². The fraction of sp³-hybridized carbons (Fsp3) is 0.300. The van der Waals surface area contributed by atoms with Gasteiger partial charge >= 0.3 is 0 Å². The summed E-state index contributed by atoms with van der Waals surface area (Å²) in [4.78, 5) is 6.34. The minimum atomic E-state index is -0.437. The number of nitrogens with zero attached hydrogens (tertiary/aromatic N) is 2. The van der Waals surface area contributed by atoms with E-state index in [1.54, 1.807) is 0 Å². The number of hydroxylamine groups is 2. The Morgan fingerprint density at radius 1 is 0.886 bits per heavy atom. The number of piperidine rings is 1. The lowest BCUT2D eigenvalue weighted by atomic mass is 9.80. The minimum Gasteiger partial charge on any atom is -0.393 e. The number of nitrogens with one attached hydrogen (secondary N) is 1. The average molecular weight is 468 g/mol. The Bertz CT molecular complexity index is 1100. The zero-order valence-corrected chi connectivity index (χ0v) is 19.9. The predicted octanol–water partition coefficient (Wildman–Crippen LogP) is 5.88. The monoisotopic (exact) mass is 467 g/mol. The van der Waals surface area contributed by atoms with E-state index >= 15 is 0 Å². The SMILES string of the molecule is OC(CC(c1ccccc1)c1ccccc1)C1CCC(c2cn[nH]c2)N(OCc2ccccc2)C1. The van der Waals surface area contributed by atoms with Crippen LogP contribution in [0.5, 0.6) is 0 Å². The molecule has 1 fully saturated rings. The van der Waals surface area contributed by atoms with Crippen LogP contribution in [0.25, 0.3) is 0 Å². The molecule has 1 aliphatic rings. The first kappa shape index (κ1) is 23.5. The van der Waals surface area contributed by atoms with Gasteiger partial charge in [0.1, 0.15) is 0 Å². The highest BCUT2D eigenvalue weighted by Crippen LogP contribution is 2.38. The van der Waals surface area contributed by atoms with Crippen LogP contribution in [0.2, 0.25) is 0 Å². The van der Waals surface area contributed by atoms with Gasteiger partial charge in [0.15, 0.2) is 0 Å². The molecule has 0 amide bonds. The molecule has 3 unspecified atom stereocenters. The van der Waals surface area contributed by atoms with Gasteiger partial charge in [0.05, 0.1) is 24.9 Å². The highest BCUT2D eigenvalue weighted by atomic mass is 16.7. The van der Waals surface area contributed by atoms with E-state index in [0.717, 1.165) is 24.0 Å². The van der Waals surface area contributed by atoms with E-state index in [2.05, 4.69) is 75.9 Å². The minimum absolute atomic E-state index is 0.125. The number of aromatic nitrogens is 2. The number of H-pyrrole nitrogens is 1. The van der Waals surface area contributed by atoms with E-state index in [1.807, 2.05) is 42.7 Å². The zero-order chi connectivity index (χ0) is 23.9. The van der Waals surface area contributed by atoms with Crippen LogP contribution in [0.4, 0.5) is 0 Å². The fourth-order valence-electron chi connectivity index (χ4n) is 5.20. The summed E-state index contributed by atoms with van der Waals surface area (Å²) < 4.78 is 0. The summed E-state index contributed by atoms with van der Waals surface area (Å²) in [6.45, 7) is 1.19. The van der Waals surface area contributed by atoms with Crippen LogP contribution >= 0.6 is 0 Å². The van der Waals surface area contributed by atoms with Crippen molar-refractivity contribution in [1.29, 1.82) is 0 Å². The maximum atomic E-state index is 11.5. The number of hydrogen-bond acceptors (Lipinski definition) is 4. The molecule has 5 nitrogen and oxygen atoms in total. The Balaban J connectivity index is 1.32. The second kappa shape index (κ2) is 11.5. The van der Waals surface area contributed by atoms with Crippen molar-refractivity contribution in [3.63, 3.8) is 0 Å². The van der Waals surface area contributed by atoms with E-state index in [1.165, 1.54) is 11.1 Å². The molecule has 1 aliphatic heterocycles. The third-order valence-electron chi connectivity index (χ3n) is 7.14. The van der Waals surface area contributed by atoms with E-state index in [-0.39, 0.29) is 17.9 Å². The van der Waals surface area contributed by atoms with E-state index in [4.69, 9.17) is 4.84 Å². The lowest BCUT2D eigenvalue weighted by Crippen LogP contribution is -2.42. The summed E-state index contributed by atoms with van der Waals surface area (Å²) in [5.74, 6) is 0.279. The molecule has 2 heterocycles. The first-order valence-electron chi connectivity index (χ1n) is 12.5. The van der Waals surface area contributed by atoms with Gasteiger partial charge in [-0.05, 0) is 41.9 Å². The molecule has 1 aromatic heterocycles. The van der Waals surface area contributed by atoms with Crippen molar-refractivity contribution in [2.24, 2.45) is 5.92 Å². The van der Waals surface area contributed by atoms with Gasteiger partial charge in [-0.1, -0.05) is 91.0 Å². The number of rotatable bonds is 9. The molecule has 3 aromatic carbocycles. The predicted molar refractivity (Wildman–Crippen MR) is 137 cm³/mol. The summed E-state index contributed by atoms with van der Waals surface area (Å²) in [6.07, 6.45) is 5.92. The molecule has 3 atom stereocenters. The Kier molecular flexibility index (Phi) is 7.69. The summed E-state index contributed by atoms with van der Waals surface area (Å²) in [5.41, 5.74) is 4.73. The Morgan fingerprint density at radius 2 is 1.51 bits per heavy atom. The van der Waals surface area contributed by atoms with E-state index in [9.17, 15) is 5.11 Å². The zero-order valence-electron chi connectivity index (χ0n) is 19.9. The number of hydrogen-bond donors (Lipinski definition) is 2. The molecule has 35 heavy (non-hydrogen) atoms. The van der Waals surface area contributed by atoms with Crippen molar-refractivity contribution in [2.75, 3.05) is 6.54 Å². The molecule has 0 saturated carbocycles. The lowest BCUT2D eigenvalue weighted by molar-refractivity contribution is -0.225. The van der Waals surface area contributed by atoms with Crippen molar-refractivity contribution in [1.82, 2.24) is 15.3 Å². The Hall–Kier alpha value is -3.25. The summed E-state index contributed by atoms with van der Waals surface area (Å²) in [5, 5.41) is 20.6. The smallest absolute Gasteiger partial charge is 0.0936 e. The van der Waals surface area contributed by atoms with Crippen LogP contribution in [0.1, 0.15) is 53.5 Å². The topological polar surface area (TPSA) is 61.4 Å². The molecule has 5 rings (SSSR count). The van der Waals surface area contributed by atoms with Crippen molar-refractivity contribution in [3.05, 3.63) is 126 Å². The number of aliphatic hydroxyl groups is 1. The third-order valence-corrected chi connectivity index (χ3v) is 7.14. The summed E-state index contributed by atoms with van der Waals surface area (Å²) in [6, 6.07) is 31.4. The van der Waals surface area contributed by atoms with Gasteiger partial charge in [0.2, 0.25) is 0 Å². The second-order valence-corrected chi connectivity index (χ2v) is 9.42. The standard InChI is InChI=1S/C30H33N3O2/c34-30(18-28(24-12-6-2-7-13-24)25-14-8-3-9-15-25)26-16-17-29(27-19-31-32-20-27)33(21-26)35-22-23-10-4-1-5-11-23/h1-15,19-20,26,28-30,34H,16-18,21-22H2,(H,31,32). The Labute approximate surface area is 207 Å². The van der Waals surface area contributed by atoms with Gasteiger partial charge < -0.3 is 5.11 Å². The maximum Gasteiger partial charge on any atom is 0.0936 e. The molecule has 0 radical (unpaired) electrons. The molecule has 2 N–H and O–H groups in total. The lowest BCUT2D eigenvalue weighted by Gasteiger charge is -2.40. The number of aliphatic hydroxyl groups excluding tert-OH is 1. The first-order valence-corrected chi connectivity index (χ1v) is 12.5. The quantitative estimate of drug-likeness (QED) is 0.323. The normalized spacial score (nSPS) is 19.6. The number of aromatic amines is 1. The van der Waals surface area contributed by atoms with Gasteiger partial charge in [-0.3, -0.25) is 9.94 Å². The van der Waals surface area contributed by atoms with Crippen LogP contribution in [0.3, 0.4) is 0 Å². The molecular formula is C30H33N3O2.